The van der Waals surface area contributed by atoms with Crippen molar-refractivity contribution in [1.29, 1.82) is 5.41 Å². The molecule has 0 bridgehead atoms. The van der Waals surface area contributed by atoms with Gasteiger partial charge in [0.1, 0.15) is 23.4 Å². The van der Waals surface area contributed by atoms with Crippen molar-refractivity contribution in [2.75, 3.05) is 19.6 Å². The van der Waals surface area contributed by atoms with Crippen LogP contribution in [0.3, 0.4) is 0 Å². The molecule has 2 aromatic carbocycles. The van der Waals surface area contributed by atoms with E-state index in [0.717, 1.165) is 11.4 Å². The van der Waals surface area contributed by atoms with Crippen LogP contribution in [-0.2, 0) is 21.4 Å². The van der Waals surface area contributed by atoms with Gasteiger partial charge in [0.05, 0.1) is 10.7 Å². The standard InChI is InChI=1S/C32H35Cl2N7O5S/c1-19-20(2)40-16-4-7-26(30(40)39-19)46-18-23-24(33)12-13-27(28(23)34)47(44,45)41-17-3-6-25(41)32(43)38-15-5-14-37-31(42)22-10-8-21(9-11-22)29(35)36/h4,7-13,16,25H,3,5-6,14-15,17-18H2,1-2H3,(H3,35,36)(H,37,42)(H,38,43). The first kappa shape index (κ1) is 34.2. The average molecular weight is 701 g/mol. The maximum absolute atomic E-state index is 13.9. The molecule has 12 nitrogen and oxygen atoms in total. The highest BCUT2D eigenvalue weighted by molar-refractivity contribution is 7.89. The van der Waals surface area contributed by atoms with Gasteiger partial charge in [0.2, 0.25) is 15.9 Å². The number of halogens is 2. The summed E-state index contributed by atoms with van der Waals surface area (Å²) in [6, 6.07) is 11.8. The Morgan fingerprint density at radius 1 is 1.06 bits per heavy atom. The van der Waals surface area contributed by atoms with Crippen LogP contribution in [0.5, 0.6) is 5.75 Å². The Bertz CT molecular complexity index is 1950. The number of fused-ring (bicyclic) bond motifs is 1. The van der Waals surface area contributed by atoms with Gasteiger partial charge in [-0.15, -0.1) is 0 Å². The third-order valence-electron chi connectivity index (χ3n) is 8.10. The highest BCUT2D eigenvalue weighted by Crippen LogP contribution is 2.36. The fourth-order valence-corrected chi connectivity index (χ4v) is 7.90. The predicted molar refractivity (Wildman–Crippen MR) is 180 cm³/mol. The molecule has 5 rings (SSSR count). The molecule has 1 aliphatic heterocycles. The molecule has 0 aliphatic carbocycles. The molecular formula is C32H35Cl2N7O5S. The summed E-state index contributed by atoms with van der Waals surface area (Å²) in [6.45, 7) is 4.44. The van der Waals surface area contributed by atoms with Crippen LogP contribution < -0.4 is 21.1 Å². The van der Waals surface area contributed by atoms with Crippen LogP contribution in [-0.4, -0.2) is 65.4 Å². The first-order chi connectivity index (χ1) is 22.4. The second kappa shape index (κ2) is 14.3. The lowest BCUT2D eigenvalue weighted by molar-refractivity contribution is -0.124. The average Bonchev–Trinajstić information content (AvgIpc) is 3.66. The summed E-state index contributed by atoms with van der Waals surface area (Å²) in [5.41, 5.74) is 9.13. The first-order valence-electron chi connectivity index (χ1n) is 15.0. The topological polar surface area (TPSA) is 172 Å². The number of imidazole rings is 1. The smallest absolute Gasteiger partial charge is 0.251 e. The van der Waals surface area contributed by atoms with E-state index in [0.29, 0.717) is 53.9 Å². The Morgan fingerprint density at radius 3 is 2.49 bits per heavy atom. The zero-order chi connectivity index (χ0) is 33.9. The minimum Gasteiger partial charge on any atom is -0.485 e. The second-order valence-corrected chi connectivity index (χ2v) is 13.8. The number of carbonyl (C=O) groups is 2. The van der Waals surface area contributed by atoms with E-state index < -0.39 is 22.0 Å². The van der Waals surface area contributed by atoms with Gasteiger partial charge in [0.25, 0.3) is 5.91 Å². The third kappa shape index (κ3) is 7.23. The number of pyridine rings is 1. The Kier molecular flexibility index (Phi) is 10.4. The largest absolute Gasteiger partial charge is 0.485 e. The van der Waals surface area contributed by atoms with E-state index in [1.807, 2.05) is 30.5 Å². The van der Waals surface area contributed by atoms with E-state index in [2.05, 4.69) is 15.6 Å². The van der Waals surface area contributed by atoms with Crippen molar-refractivity contribution in [3.8, 4) is 5.75 Å². The van der Waals surface area contributed by atoms with Gasteiger partial charge in [0.15, 0.2) is 11.4 Å². The summed E-state index contributed by atoms with van der Waals surface area (Å²) in [5.74, 6) is -0.321. The first-order valence-corrected chi connectivity index (χ1v) is 17.2. The molecular weight excluding hydrogens is 665 g/mol. The lowest BCUT2D eigenvalue weighted by Gasteiger charge is -2.24. The lowest BCUT2D eigenvalue weighted by atomic mass is 10.1. The van der Waals surface area contributed by atoms with Gasteiger partial charge in [-0.1, -0.05) is 35.3 Å². The maximum Gasteiger partial charge on any atom is 0.251 e. The molecule has 47 heavy (non-hydrogen) atoms. The van der Waals surface area contributed by atoms with Gasteiger partial charge in [-0.2, -0.15) is 4.31 Å². The van der Waals surface area contributed by atoms with Crippen molar-refractivity contribution in [3.63, 3.8) is 0 Å². The number of benzene rings is 2. The Labute approximate surface area is 282 Å². The fourth-order valence-electron chi connectivity index (χ4n) is 5.38. The predicted octanol–water partition coefficient (Wildman–Crippen LogP) is 4.21. The quantitative estimate of drug-likeness (QED) is 0.0974. The van der Waals surface area contributed by atoms with Gasteiger partial charge in [0, 0.05) is 53.2 Å². The van der Waals surface area contributed by atoms with E-state index in [9.17, 15) is 18.0 Å². The van der Waals surface area contributed by atoms with Crippen molar-refractivity contribution in [1.82, 2.24) is 24.3 Å². The van der Waals surface area contributed by atoms with E-state index in [4.69, 9.17) is 39.1 Å². The minimum atomic E-state index is -4.18. The van der Waals surface area contributed by atoms with Crippen LogP contribution in [0.4, 0.5) is 0 Å². The number of aryl methyl sites for hydroxylation is 2. The molecule has 5 N–H and O–H groups in total. The number of amides is 2. The molecule has 0 radical (unpaired) electrons. The number of carbonyl (C=O) groups excluding carboxylic acids is 2. The molecule has 0 saturated carbocycles. The summed E-state index contributed by atoms with van der Waals surface area (Å²) in [6.07, 6.45) is 3.17. The van der Waals surface area contributed by atoms with Crippen molar-refractivity contribution in [3.05, 3.63) is 92.9 Å². The molecule has 3 heterocycles. The number of nitrogens with zero attached hydrogens (tertiary/aromatic N) is 3. The highest BCUT2D eigenvalue weighted by Gasteiger charge is 2.40. The molecule has 2 amide bonds. The van der Waals surface area contributed by atoms with E-state index in [1.165, 1.54) is 16.4 Å². The summed E-state index contributed by atoms with van der Waals surface area (Å²) in [4.78, 5) is 29.9. The van der Waals surface area contributed by atoms with Crippen molar-refractivity contribution < 1.29 is 22.7 Å². The number of ether oxygens (including phenoxy) is 1. The second-order valence-electron chi connectivity index (χ2n) is 11.1. The van der Waals surface area contributed by atoms with E-state index in [-0.39, 0.29) is 46.4 Å². The van der Waals surface area contributed by atoms with Crippen LogP contribution in [0.25, 0.3) is 5.65 Å². The van der Waals surface area contributed by atoms with Gasteiger partial charge in [-0.3, -0.25) is 15.0 Å². The number of hydrogen-bond donors (Lipinski definition) is 4. The molecule has 248 valence electrons. The zero-order valence-corrected chi connectivity index (χ0v) is 28.2. The van der Waals surface area contributed by atoms with Crippen molar-refractivity contribution >= 4 is 56.5 Å². The highest BCUT2D eigenvalue weighted by atomic mass is 35.5. The van der Waals surface area contributed by atoms with E-state index in [1.54, 1.807) is 30.3 Å². The molecule has 1 atom stereocenters. The molecule has 2 aromatic heterocycles. The Balaban J connectivity index is 1.20. The number of nitrogen functional groups attached to an aromatic ring is 1. The van der Waals surface area contributed by atoms with Crippen molar-refractivity contribution in [2.45, 2.75) is 50.7 Å². The number of nitrogens with one attached hydrogen (secondary N) is 3. The molecule has 1 unspecified atom stereocenters. The van der Waals surface area contributed by atoms with E-state index >= 15 is 0 Å². The summed E-state index contributed by atoms with van der Waals surface area (Å²) in [7, 11) is -4.18. The maximum atomic E-state index is 13.9. The summed E-state index contributed by atoms with van der Waals surface area (Å²) in [5, 5.41) is 13.2. The number of nitrogens with two attached hydrogens (primary N) is 1. The molecule has 0 spiro atoms. The SMILES string of the molecule is Cc1nc2c(OCc3c(Cl)ccc(S(=O)(=O)N4CCCC4C(=O)NCCCNC(=O)c4ccc(C(=N)N)cc4)c3Cl)cccn2c1C. The van der Waals surface area contributed by atoms with Crippen LogP contribution in [0, 0.1) is 19.3 Å². The van der Waals surface area contributed by atoms with Crippen LogP contribution in [0.2, 0.25) is 10.0 Å². The van der Waals surface area contributed by atoms with Crippen LogP contribution in [0.1, 0.15) is 52.1 Å². The number of rotatable bonds is 12. The number of amidine groups is 1. The van der Waals surface area contributed by atoms with Crippen LogP contribution >= 0.6 is 23.2 Å². The van der Waals surface area contributed by atoms with Crippen molar-refractivity contribution in [2.24, 2.45) is 5.73 Å². The number of hydrogen-bond acceptors (Lipinski definition) is 7. The lowest BCUT2D eigenvalue weighted by Crippen LogP contribution is -2.46. The monoisotopic (exact) mass is 699 g/mol. The third-order valence-corrected chi connectivity index (χ3v) is 11.0. The molecule has 4 aromatic rings. The Morgan fingerprint density at radius 2 is 1.77 bits per heavy atom. The van der Waals surface area contributed by atoms with Crippen LogP contribution in [0.15, 0.2) is 59.6 Å². The number of aromatic nitrogens is 2. The van der Waals surface area contributed by atoms with Gasteiger partial charge in [-0.05, 0) is 69.5 Å². The minimum absolute atomic E-state index is 0.0714. The molecule has 15 heteroatoms. The molecule has 1 saturated heterocycles. The molecule has 1 aliphatic rings. The summed E-state index contributed by atoms with van der Waals surface area (Å²) >= 11 is 13.1. The normalized spacial score (nSPS) is 15.1. The molecule has 1 fully saturated rings. The fraction of sp³-hybridized carbons (Fsp3) is 0.312. The van der Waals surface area contributed by atoms with Gasteiger partial charge >= 0.3 is 0 Å². The Hall–Kier alpha value is -4.17. The van der Waals surface area contributed by atoms with Gasteiger partial charge in [-0.25, -0.2) is 13.4 Å². The number of sulfonamides is 1. The zero-order valence-electron chi connectivity index (χ0n) is 25.8. The van der Waals surface area contributed by atoms with Gasteiger partial charge < -0.3 is 25.5 Å². The summed E-state index contributed by atoms with van der Waals surface area (Å²) < 4.78 is 36.8.